The van der Waals surface area contributed by atoms with Crippen molar-refractivity contribution in [2.24, 2.45) is 23.7 Å². The largest absolute Gasteiger partial charge is 0.238 e. The van der Waals surface area contributed by atoms with Gasteiger partial charge in [-0.25, -0.2) is 8.78 Å². The Morgan fingerprint density at radius 2 is 1.34 bits per heavy atom. The Labute approximate surface area is 359 Å². The number of allylic oxidation sites excluding steroid dienone is 13. The number of alkyl halides is 1. The second-order valence-electron chi connectivity index (χ2n) is 17.2. The van der Waals surface area contributed by atoms with Gasteiger partial charge in [0.05, 0.1) is 0 Å². The topological polar surface area (TPSA) is 0 Å². The lowest BCUT2D eigenvalue weighted by atomic mass is 9.79. The summed E-state index contributed by atoms with van der Waals surface area (Å²) in [6.45, 7) is 27.6. The minimum atomic E-state index is -1.14. The third-order valence-electron chi connectivity index (χ3n) is 11.8. The van der Waals surface area contributed by atoms with Crippen LogP contribution in [0.3, 0.4) is 0 Å². The lowest BCUT2D eigenvalue weighted by Crippen LogP contribution is -2.13. The number of aryl methyl sites for hydroxylation is 2. The standard InChI is InChI=1S/C29H39F.C15H24.C13H11F/c1-6-8-28(29(30)10-7-9-26-17-12-22(2)13-18-26)25(5)16-11-24(4)21-27-19-14-23(3)15-20-27;1-5-12(2)6-9-14(4)15-10-7-13(3)8-11-15;1-10-5-7-11(8-6-10)12-3-2-4-13(14)9-12/h7-8,10-13,16-18,23,27,29H,4-6,9,14-15,19-21H2,1-3H3;5-6,9,13,15H,4,7-8,10-11H2,1-3H3;2-9H,1H3/b10-7?,16-11-,28-8-;9-6-,12-5-;. The van der Waals surface area contributed by atoms with Gasteiger partial charge in [0.2, 0.25) is 0 Å². The summed E-state index contributed by atoms with van der Waals surface area (Å²) in [7, 11) is 0. The predicted molar refractivity (Wildman–Crippen MR) is 256 cm³/mol. The third kappa shape index (κ3) is 18.9. The molecule has 2 heteroatoms. The molecular weight excluding hydrogens is 723 g/mol. The minimum Gasteiger partial charge on any atom is -0.238 e. The van der Waals surface area contributed by atoms with Gasteiger partial charge in [-0.05, 0) is 142 Å². The van der Waals surface area contributed by atoms with E-state index in [1.165, 1.54) is 85.3 Å². The molecule has 2 aliphatic rings. The highest BCUT2D eigenvalue weighted by molar-refractivity contribution is 5.63. The summed E-state index contributed by atoms with van der Waals surface area (Å²) in [4.78, 5) is 0. The van der Waals surface area contributed by atoms with Crippen molar-refractivity contribution in [3.63, 3.8) is 0 Å². The highest BCUT2D eigenvalue weighted by atomic mass is 19.1. The summed E-state index contributed by atoms with van der Waals surface area (Å²) < 4.78 is 27.9. The van der Waals surface area contributed by atoms with Crippen LogP contribution in [0.15, 0.2) is 169 Å². The summed E-state index contributed by atoms with van der Waals surface area (Å²) in [5, 5.41) is 0. The van der Waals surface area contributed by atoms with Gasteiger partial charge < -0.3 is 0 Å². The van der Waals surface area contributed by atoms with Crippen LogP contribution in [0, 0.1) is 43.3 Å². The molecule has 0 saturated heterocycles. The minimum absolute atomic E-state index is 0.192. The van der Waals surface area contributed by atoms with Crippen LogP contribution in [0.2, 0.25) is 0 Å². The van der Waals surface area contributed by atoms with Crippen molar-refractivity contribution in [3.8, 4) is 11.1 Å². The molecule has 0 spiro atoms. The molecule has 0 aromatic heterocycles. The van der Waals surface area contributed by atoms with Gasteiger partial charge in [-0.2, -0.15) is 0 Å². The molecule has 1 atom stereocenters. The van der Waals surface area contributed by atoms with Crippen molar-refractivity contribution in [1.29, 1.82) is 0 Å². The summed E-state index contributed by atoms with van der Waals surface area (Å²) in [6, 6.07) is 23.1. The first-order chi connectivity index (χ1) is 28.3. The van der Waals surface area contributed by atoms with E-state index in [1.54, 1.807) is 18.2 Å². The molecule has 59 heavy (non-hydrogen) atoms. The molecule has 0 nitrogen and oxygen atoms in total. The Kier molecular flexibility index (Phi) is 21.9. The molecule has 1 unspecified atom stereocenters. The van der Waals surface area contributed by atoms with E-state index >= 15 is 0 Å². The third-order valence-corrected chi connectivity index (χ3v) is 11.8. The molecule has 0 radical (unpaired) electrons. The van der Waals surface area contributed by atoms with Crippen LogP contribution < -0.4 is 0 Å². The fourth-order valence-electron chi connectivity index (χ4n) is 7.59. The maximum atomic E-state index is 14.9. The molecule has 2 saturated carbocycles. The lowest BCUT2D eigenvalue weighted by Gasteiger charge is -2.26. The van der Waals surface area contributed by atoms with Crippen LogP contribution in [-0.4, -0.2) is 6.17 Å². The molecule has 0 heterocycles. The second-order valence-corrected chi connectivity index (χ2v) is 17.2. The Morgan fingerprint density at radius 3 is 1.92 bits per heavy atom. The van der Waals surface area contributed by atoms with Crippen LogP contribution in [-0.2, 0) is 6.42 Å². The molecule has 3 aromatic rings. The average Bonchev–Trinajstić information content (AvgIpc) is 3.23. The first-order valence-electron chi connectivity index (χ1n) is 22.2. The molecular formula is C57H74F2. The summed E-state index contributed by atoms with van der Waals surface area (Å²) in [6.07, 6.45) is 28.1. The number of hydrogen-bond donors (Lipinski definition) is 0. The van der Waals surface area contributed by atoms with E-state index in [0.717, 1.165) is 65.2 Å². The van der Waals surface area contributed by atoms with Gasteiger partial charge in [0.1, 0.15) is 12.0 Å². The highest BCUT2D eigenvalue weighted by Crippen LogP contribution is 2.34. The molecule has 316 valence electrons. The SMILES string of the molecule is C=C(/C=C\C(=C)/C(=C/CC)C(F)C=CCc1ccc(C)cc1)CC1CCC(C)CC1.C=C(/C=C\C(C)=C/C)C1CCC(C)CC1.Cc1ccc(-c2cccc(F)c2)cc1. The number of rotatable bonds is 14. The van der Waals surface area contributed by atoms with Gasteiger partial charge >= 0.3 is 0 Å². The van der Waals surface area contributed by atoms with Crippen LogP contribution in [0.5, 0.6) is 0 Å². The van der Waals surface area contributed by atoms with Crippen molar-refractivity contribution < 1.29 is 8.78 Å². The van der Waals surface area contributed by atoms with Gasteiger partial charge in [0, 0.05) is 0 Å². The Bertz CT molecular complexity index is 1880. The molecule has 0 N–H and O–H groups in total. The van der Waals surface area contributed by atoms with Crippen LogP contribution in [0.1, 0.15) is 116 Å². The van der Waals surface area contributed by atoms with E-state index in [4.69, 9.17) is 0 Å². The molecule has 2 aliphatic carbocycles. The summed E-state index contributed by atoms with van der Waals surface area (Å²) in [5.74, 6) is 3.09. The van der Waals surface area contributed by atoms with Crippen molar-refractivity contribution in [3.05, 3.63) is 192 Å². The fraction of sp³-hybridized carbons (Fsp3) is 0.404. The number of hydrogen-bond acceptors (Lipinski definition) is 0. The molecule has 0 bridgehead atoms. The van der Waals surface area contributed by atoms with E-state index in [2.05, 4.69) is 96.8 Å². The highest BCUT2D eigenvalue weighted by Gasteiger charge is 2.20. The van der Waals surface area contributed by atoms with E-state index in [0.29, 0.717) is 5.57 Å². The summed E-state index contributed by atoms with van der Waals surface area (Å²) >= 11 is 0. The summed E-state index contributed by atoms with van der Waals surface area (Å²) in [5.41, 5.74) is 10.8. The van der Waals surface area contributed by atoms with Crippen LogP contribution in [0.25, 0.3) is 11.1 Å². The maximum absolute atomic E-state index is 14.9. The molecule has 0 amide bonds. The van der Waals surface area contributed by atoms with Crippen molar-refractivity contribution in [1.82, 2.24) is 0 Å². The fourth-order valence-corrected chi connectivity index (χ4v) is 7.59. The van der Waals surface area contributed by atoms with E-state index in [1.807, 2.05) is 68.5 Å². The molecule has 0 aliphatic heterocycles. The zero-order chi connectivity index (χ0) is 43.2. The van der Waals surface area contributed by atoms with Crippen molar-refractivity contribution in [2.45, 2.75) is 125 Å². The van der Waals surface area contributed by atoms with Gasteiger partial charge in [-0.3, -0.25) is 0 Å². The lowest BCUT2D eigenvalue weighted by molar-refractivity contribution is 0.290. The van der Waals surface area contributed by atoms with Crippen molar-refractivity contribution >= 4 is 0 Å². The van der Waals surface area contributed by atoms with Gasteiger partial charge in [0.25, 0.3) is 0 Å². The maximum Gasteiger partial charge on any atom is 0.144 e. The van der Waals surface area contributed by atoms with Crippen LogP contribution >= 0.6 is 0 Å². The quantitative estimate of drug-likeness (QED) is 0.113. The number of halogens is 2. The van der Waals surface area contributed by atoms with E-state index < -0.39 is 6.17 Å². The monoisotopic (exact) mass is 797 g/mol. The Hall–Kier alpha value is -4.56. The molecule has 5 rings (SSSR count). The van der Waals surface area contributed by atoms with Gasteiger partial charge in [-0.1, -0.05) is 197 Å². The average molecular weight is 797 g/mol. The molecule has 3 aromatic carbocycles. The second kappa shape index (κ2) is 26.5. The van der Waals surface area contributed by atoms with Gasteiger partial charge in [-0.15, -0.1) is 0 Å². The first-order valence-corrected chi connectivity index (χ1v) is 22.2. The van der Waals surface area contributed by atoms with E-state index in [9.17, 15) is 8.78 Å². The normalized spacial score (nSPS) is 20.4. The first kappa shape index (κ1) is 48.8. The zero-order valence-corrected chi connectivity index (χ0v) is 37.6. The predicted octanol–water partition coefficient (Wildman–Crippen LogP) is 17.3. The Balaban J connectivity index is 0.000000266. The van der Waals surface area contributed by atoms with Gasteiger partial charge in [0.15, 0.2) is 0 Å². The molecule has 2 fully saturated rings. The smallest absolute Gasteiger partial charge is 0.144 e. The van der Waals surface area contributed by atoms with Crippen molar-refractivity contribution in [2.75, 3.05) is 0 Å². The zero-order valence-electron chi connectivity index (χ0n) is 37.6. The van der Waals surface area contributed by atoms with E-state index in [-0.39, 0.29) is 5.82 Å². The number of benzene rings is 3. The van der Waals surface area contributed by atoms with Crippen LogP contribution in [0.4, 0.5) is 8.78 Å². The Morgan fingerprint density at radius 1 is 0.746 bits per heavy atom.